The van der Waals surface area contributed by atoms with E-state index in [4.69, 9.17) is 10.00 Å². The second kappa shape index (κ2) is 6.55. The highest BCUT2D eigenvalue weighted by Crippen LogP contribution is 2.25. The van der Waals surface area contributed by atoms with Gasteiger partial charge in [0.2, 0.25) is 0 Å². The standard InChI is InChI=1S/C15H11BrF2N2O/c1-21-15-3-2-9(7-19)4-10(15)8-20-14-6-12(17)11(16)5-13(14)18/h2-6,20H,8H2,1H3. The maximum Gasteiger partial charge on any atom is 0.147 e. The zero-order chi connectivity index (χ0) is 15.4. The number of ether oxygens (including phenoxy) is 1. The molecule has 0 saturated heterocycles. The maximum atomic E-state index is 13.7. The van der Waals surface area contributed by atoms with E-state index in [0.717, 1.165) is 12.1 Å². The first-order chi connectivity index (χ1) is 10.0. The molecule has 0 radical (unpaired) electrons. The lowest BCUT2D eigenvalue weighted by molar-refractivity contribution is 0.410. The van der Waals surface area contributed by atoms with Crippen molar-refractivity contribution < 1.29 is 13.5 Å². The summed E-state index contributed by atoms with van der Waals surface area (Å²) in [6.45, 7) is 0.205. The van der Waals surface area contributed by atoms with Crippen LogP contribution < -0.4 is 10.1 Å². The van der Waals surface area contributed by atoms with Crippen LogP contribution in [0.15, 0.2) is 34.8 Å². The van der Waals surface area contributed by atoms with Crippen molar-refractivity contribution in [3.05, 3.63) is 57.6 Å². The summed E-state index contributed by atoms with van der Waals surface area (Å²) in [7, 11) is 1.50. The van der Waals surface area contributed by atoms with Crippen LogP contribution in [0.25, 0.3) is 0 Å². The number of nitrogens with zero attached hydrogens (tertiary/aromatic N) is 1. The minimum Gasteiger partial charge on any atom is -0.496 e. The predicted octanol–water partition coefficient (Wildman–Crippen LogP) is 4.22. The molecule has 0 heterocycles. The van der Waals surface area contributed by atoms with Gasteiger partial charge in [-0.15, -0.1) is 0 Å². The molecule has 6 heteroatoms. The van der Waals surface area contributed by atoms with Crippen LogP contribution in [-0.2, 0) is 6.54 Å². The fourth-order valence-electron chi connectivity index (χ4n) is 1.83. The Morgan fingerprint density at radius 3 is 2.67 bits per heavy atom. The van der Waals surface area contributed by atoms with Crippen LogP contribution in [0.2, 0.25) is 0 Å². The number of benzene rings is 2. The number of halogens is 3. The molecule has 2 aromatic rings. The van der Waals surface area contributed by atoms with E-state index in [9.17, 15) is 8.78 Å². The van der Waals surface area contributed by atoms with Crippen LogP contribution in [0, 0.1) is 23.0 Å². The van der Waals surface area contributed by atoms with Crippen molar-refractivity contribution >= 4 is 21.6 Å². The lowest BCUT2D eigenvalue weighted by Crippen LogP contribution is -2.04. The number of hydrogen-bond acceptors (Lipinski definition) is 3. The van der Waals surface area contributed by atoms with E-state index < -0.39 is 11.6 Å². The molecule has 0 atom stereocenters. The van der Waals surface area contributed by atoms with Gasteiger partial charge in [0, 0.05) is 18.2 Å². The van der Waals surface area contributed by atoms with E-state index in [1.165, 1.54) is 7.11 Å². The third kappa shape index (κ3) is 3.50. The summed E-state index contributed by atoms with van der Waals surface area (Å²) >= 11 is 2.92. The third-order valence-corrected chi connectivity index (χ3v) is 3.50. The average molecular weight is 353 g/mol. The van der Waals surface area contributed by atoms with Crippen LogP contribution in [0.5, 0.6) is 5.75 Å². The predicted molar refractivity (Wildman–Crippen MR) is 79.1 cm³/mol. The first-order valence-electron chi connectivity index (χ1n) is 6.00. The first-order valence-corrected chi connectivity index (χ1v) is 6.80. The summed E-state index contributed by atoms with van der Waals surface area (Å²) in [5.74, 6) is -0.560. The Labute approximate surface area is 129 Å². The van der Waals surface area contributed by atoms with Crippen molar-refractivity contribution in [2.45, 2.75) is 6.54 Å². The highest BCUT2D eigenvalue weighted by atomic mass is 79.9. The Kier molecular flexibility index (Phi) is 4.76. The molecule has 2 rings (SSSR count). The molecule has 0 aliphatic rings. The molecule has 0 aromatic heterocycles. The van der Waals surface area contributed by atoms with Crippen LogP contribution in [0.1, 0.15) is 11.1 Å². The third-order valence-electron chi connectivity index (χ3n) is 2.89. The molecule has 0 spiro atoms. The molecular formula is C15H11BrF2N2O. The fourth-order valence-corrected chi connectivity index (χ4v) is 2.15. The van der Waals surface area contributed by atoms with E-state index in [1.807, 2.05) is 6.07 Å². The van der Waals surface area contributed by atoms with Gasteiger partial charge in [0.25, 0.3) is 0 Å². The summed E-state index contributed by atoms with van der Waals surface area (Å²) in [5, 5.41) is 11.7. The summed E-state index contributed by atoms with van der Waals surface area (Å²) in [6, 6.07) is 9.07. The summed E-state index contributed by atoms with van der Waals surface area (Å²) < 4.78 is 32.4. The molecule has 21 heavy (non-hydrogen) atoms. The highest BCUT2D eigenvalue weighted by molar-refractivity contribution is 9.10. The quantitative estimate of drug-likeness (QED) is 0.838. The zero-order valence-electron chi connectivity index (χ0n) is 11.1. The minimum absolute atomic E-state index is 0.0418. The van der Waals surface area contributed by atoms with Crippen molar-refractivity contribution in [1.82, 2.24) is 0 Å². The molecule has 0 fully saturated rings. The first kappa shape index (κ1) is 15.3. The Balaban J connectivity index is 2.24. The highest BCUT2D eigenvalue weighted by Gasteiger charge is 2.10. The van der Waals surface area contributed by atoms with Gasteiger partial charge in [0.15, 0.2) is 0 Å². The fraction of sp³-hybridized carbons (Fsp3) is 0.133. The second-order valence-electron chi connectivity index (χ2n) is 4.24. The Hall–Kier alpha value is -2.13. The maximum absolute atomic E-state index is 13.7. The van der Waals surface area contributed by atoms with E-state index in [-0.39, 0.29) is 16.7 Å². The van der Waals surface area contributed by atoms with Gasteiger partial charge in [-0.3, -0.25) is 0 Å². The van der Waals surface area contributed by atoms with Crippen LogP contribution in [0.3, 0.4) is 0 Å². The molecular weight excluding hydrogens is 342 g/mol. The number of nitriles is 1. The van der Waals surface area contributed by atoms with Gasteiger partial charge in [-0.25, -0.2) is 8.78 Å². The average Bonchev–Trinajstić information content (AvgIpc) is 2.49. The zero-order valence-corrected chi connectivity index (χ0v) is 12.7. The van der Waals surface area contributed by atoms with E-state index >= 15 is 0 Å². The molecule has 108 valence electrons. The molecule has 3 nitrogen and oxygen atoms in total. The van der Waals surface area contributed by atoms with Gasteiger partial charge in [-0.05, 0) is 40.2 Å². The van der Waals surface area contributed by atoms with Crippen molar-refractivity contribution in [3.63, 3.8) is 0 Å². The molecule has 0 unspecified atom stereocenters. The molecule has 0 amide bonds. The van der Waals surface area contributed by atoms with Gasteiger partial charge in [0.05, 0.1) is 28.9 Å². The van der Waals surface area contributed by atoms with Gasteiger partial charge < -0.3 is 10.1 Å². The van der Waals surface area contributed by atoms with Gasteiger partial charge >= 0.3 is 0 Å². The topological polar surface area (TPSA) is 45.0 Å². The van der Waals surface area contributed by atoms with E-state index in [1.54, 1.807) is 18.2 Å². The van der Waals surface area contributed by atoms with Crippen LogP contribution in [0.4, 0.5) is 14.5 Å². The summed E-state index contributed by atoms with van der Waals surface area (Å²) in [4.78, 5) is 0. The minimum atomic E-state index is -0.571. The second-order valence-corrected chi connectivity index (χ2v) is 5.09. The SMILES string of the molecule is COc1ccc(C#N)cc1CNc1cc(F)c(Br)cc1F. The van der Waals surface area contributed by atoms with E-state index in [0.29, 0.717) is 16.9 Å². The monoisotopic (exact) mass is 352 g/mol. The number of methoxy groups -OCH3 is 1. The molecule has 0 bridgehead atoms. The molecule has 1 N–H and O–H groups in total. The van der Waals surface area contributed by atoms with Gasteiger partial charge in [-0.1, -0.05) is 0 Å². The normalized spacial score (nSPS) is 10.0. The van der Waals surface area contributed by atoms with E-state index in [2.05, 4.69) is 21.2 Å². The van der Waals surface area contributed by atoms with Crippen LogP contribution in [-0.4, -0.2) is 7.11 Å². The molecule has 0 aliphatic heterocycles. The van der Waals surface area contributed by atoms with Crippen molar-refractivity contribution in [3.8, 4) is 11.8 Å². The van der Waals surface area contributed by atoms with Gasteiger partial charge in [0.1, 0.15) is 17.4 Å². The summed E-state index contributed by atoms with van der Waals surface area (Å²) in [5.41, 5.74) is 1.19. The van der Waals surface area contributed by atoms with Crippen molar-refractivity contribution in [1.29, 1.82) is 5.26 Å². The number of anilines is 1. The summed E-state index contributed by atoms with van der Waals surface area (Å²) in [6.07, 6.45) is 0. The molecule has 2 aromatic carbocycles. The van der Waals surface area contributed by atoms with Crippen molar-refractivity contribution in [2.75, 3.05) is 12.4 Å². The lowest BCUT2D eigenvalue weighted by atomic mass is 10.1. The Morgan fingerprint density at radius 1 is 1.24 bits per heavy atom. The number of rotatable bonds is 4. The lowest BCUT2D eigenvalue weighted by Gasteiger charge is -2.12. The number of nitrogens with one attached hydrogen (secondary N) is 1. The van der Waals surface area contributed by atoms with Crippen LogP contribution >= 0.6 is 15.9 Å². The smallest absolute Gasteiger partial charge is 0.147 e. The Bertz CT molecular complexity index is 714. The number of hydrogen-bond donors (Lipinski definition) is 1. The molecule has 0 saturated carbocycles. The Morgan fingerprint density at radius 2 is 2.00 bits per heavy atom. The van der Waals surface area contributed by atoms with Gasteiger partial charge in [-0.2, -0.15) is 5.26 Å². The molecule has 0 aliphatic carbocycles. The largest absolute Gasteiger partial charge is 0.496 e. The van der Waals surface area contributed by atoms with Crippen molar-refractivity contribution in [2.24, 2.45) is 0 Å².